The van der Waals surface area contributed by atoms with Gasteiger partial charge in [-0.25, -0.2) is 10.2 Å². The Morgan fingerprint density at radius 2 is 1.47 bits per heavy atom. The first-order chi connectivity index (χ1) is 18.6. The van der Waals surface area contributed by atoms with Crippen molar-refractivity contribution in [1.82, 2.24) is 5.43 Å². The fraction of sp³-hybridized carbons (Fsp3) is 0.516. The van der Waals surface area contributed by atoms with Crippen LogP contribution in [0.3, 0.4) is 0 Å². The van der Waals surface area contributed by atoms with Crippen molar-refractivity contribution in [2.24, 2.45) is 5.10 Å². The van der Waals surface area contributed by atoms with Gasteiger partial charge in [0, 0.05) is 6.42 Å². The number of rotatable bonds is 19. The molecule has 38 heavy (non-hydrogen) atoms. The van der Waals surface area contributed by atoms with E-state index in [1.54, 1.807) is 48.7 Å². The lowest BCUT2D eigenvalue weighted by atomic mass is 10.1. The lowest BCUT2D eigenvalue weighted by molar-refractivity contribution is -0.121. The van der Waals surface area contributed by atoms with E-state index in [1.807, 2.05) is 0 Å². The summed E-state index contributed by atoms with van der Waals surface area (Å²) >= 11 is 0. The molecule has 0 aromatic heterocycles. The van der Waals surface area contributed by atoms with Gasteiger partial charge in [-0.2, -0.15) is 5.10 Å². The molecule has 7 nitrogen and oxygen atoms in total. The van der Waals surface area contributed by atoms with E-state index >= 15 is 0 Å². The average Bonchev–Trinajstić information content (AvgIpc) is 2.93. The highest BCUT2D eigenvalue weighted by Crippen LogP contribution is 2.28. The summed E-state index contributed by atoms with van der Waals surface area (Å²) in [6.45, 7) is 4.98. The second-order valence-corrected chi connectivity index (χ2v) is 9.40. The Labute approximate surface area is 228 Å². The third-order valence-corrected chi connectivity index (χ3v) is 6.16. The largest absolute Gasteiger partial charge is 0.494 e. The highest BCUT2D eigenvalue weighted by molar-refractivity contribution is 5.91. The first-order valence-corrected chi connectivity index (χ1v) is 14.0. The number of amides is 1. The quantitative estimate of drug-likeness (QED) is 0.0677. The summed E-state index contributed by atoms with van der Waals surface area (Å²) in [6, 6.07) is 11.9. The van der Waals surface area contributed by atoms with Crippen molar-refractivity contribution in [3.05, 3.63) is 53.6 Å². The lowest BCUT2D eigenvalue weighted by Gasteiger charge is -2.10. The highest BCUT2D eigenvalue weighted by Gasteiger charge is 2.13. The molecule has 0 aliphatic heterocycles. The van der Waals surface area contributed by atoms with Crippen LogP contribution in [0.25, 0.3) is 0 Å². The van der Waals surface area contributed by atoms with Crippen molar-refractivity contribution >= 4 is 18.1 Å². The van der Waals surface area contributed by atoms with E-state index < -0.39 is 5.97 Å². The minimum atomic E-state index is -0.492. The Hall–Kier alpha value is -3.35. The second-order valence-electron chi connectivity index (χ2n) is 9.40. The number of nitrogens with one attached hydrogen (secondary N) is 1. The zero-order chi connectivity index (χ0) is 27.4. The minimum absolute atomic E-state index is 0.0940. The molecule has 2 rings (SSSR count). The molecule has 0 aliphatic carbocycles. The van der Waals surface area contributed by atoms with Crippen molar-refractivity contribution in [3.8, 4) is 17.2 Å². The molecule has 208 valence electrons. The van der Waals surface area contributed by atoms with Crippen LogP contribution in [-0.4, -0.2) is 31.8 Å². The molecule has 0 atom stereocenters. The van der Waals surface area contributed by atoms with E-state index in [0.717, 1.165) is 31.4 Å². The molecule has 0 fully saturated rings. The van der Waals surface area contributed by atoms with Gasteiger partial charge >= 0.3 is 5.97 Å². The molecule has 0 heterocycles. The predicted molar refractivity (Wildman–Crippen MR) is 152 cm³/mol. The van der Waals surface area contributed by atoms with Gasteiger partial charge in [-0.15, -0.1) is 0 Å². The Kier molecular flexibility index (Phi) is 15.3. The molecule has 0 saturated carbocycles. The Morgan fingerprint density at radius 1 is 0.816 bits per heavy atom. The summed E-state index contributed by atoms with van der Waals surface area (Å²) in [4.78, 5) is 24.6. The lowest BCUT2D eigenvalue weighted by Crippen LogP contribution is -2.16. The molecule has 2 aromatic rings. The second kappa shape index (κ2) is 18.8. The van der Waals surface area contributed by atoms with Gasteiger partial charge in [0.2, 0.25) is 5.91 Å². The molecule has 0 aliphatic rings. The summed E-state index contributed by atoms with van der Waals surface area (Å²) < 4.78 is 16.6. The van der Waals surface area contributed by atoms with Crippen molar-refractivity contribution in [1.29, 1.82) is 0 Å². The number of nitrogens with zero attached hydrogens (tertiary/aromatic N) is 1. The maximum Gasteiger partial charge on any atom is 0.343 e. The van der Waals surface area contributed by atoms with Gasteiger partial charge in [0.1, 0.15) is 5.75 Å². The van der Waals surface area contributed by atoms with Crippen LogP contribution in [0.1, 0.15) is 107 Å². The summed E-state index contributed by atoms with van der Waals surface area (Å²) in [5.41, 5.74) is 3.70. The molecular formula is C31H44N2O5. The number of hydrogen-bond donors (Lipinski definition) is 1. The fourth-order valence-corrected chi connectivity index (χ4v) is 3.86. The number of hydrazone groups is 1. The molecular weight excluding hydrogens is 480 g/mol. The number of benzene rings is 2. The van der Waals surface area contributed by atoms with Gasteiger partial charge in [-0.3, -0.25) is 4.79 Å². The zero-order valence-corrected chi connectivity index (χ0v) is 23.3. The van der Waals surface area contributed by atoms with Crippen molar-refractivity contribution < 1.29 is 23.8 Å². The molecule has 1 amide bonds. The molecule has 0 bridgehead atoms. The van der Waals surface area contributed by atoms with E-state index in [2.05, 4.69) is 24.4 Å². The molecule has 1 N–H and O–H groups in total. The third-order valence-electron chi connectivity index (χ3n) is 6.16. The van der Waals surface area contributed by atoms with Gasteiger partial charge in [0.05, 0.1) is 25.5 Å². The van der Waals surface area contributed by atoms with Gasteiger partial charge in [-0.05, 0) is 60.9 Å². The number of carbonyl (C=O) groups excluding carboxylic acids is 2. The molecule has 2 aromatic carbocycles. The van der Waals surface area contributed by atoms with Crippen LogP contribution < -0.4 is 19.6 Å². The Morgan fingerprint density at radius 3 is 2.13 bits per heavy atom. The van der Waals surface area contributed by atoms with Gasteiger partial charge < -0.3 is 14.2 Å². The van der Waals surface area contributed by atoms with Crippen LogP contribution in [0.2, 0.25) is 0 Å². The highest BCUT2D eigenvalue weighted by atomic mass is 16.6. The van der Waals surface area contributed by atoms with E-state index in [1.165, 1.54) is 52.1 Å². The molecule has 0 spiro atoms. The summed E-state index contributed by atoms with van der Waals surface area (Å²) in [7, 11) is 1.50. The van der Waals surface area contributed by atoms with Crippen LogP contribution in [0.5, 0.6) is 17.2 Å². The normalized spacial score (nSPS) is 10.9. The average molecular weight is 525 g/mol. The summed E-state index contributed by atoms with van der Waals surface area (Å²) in [6.07, 6.45) is 15.0. The maximum atomic E-state index is 12.6. The van der Waals surface area contributed by atoms with Crippen LogP contribution in [0.15, 0.2) is 47.6 Å². The van der Waals surface area contributed by atoms with Crippen LogP contribution in [0, 0.1) is 0 Å². The summed E-state index contributed by atoms with van der Waals surface area (Å²) in [5.74, 6) is 0.823. The van der Waals surface area contributed by atoms with Gasteiger partial charge in [-0.1, -0.05) is 71.6 Å². The number of hydrogen-bond acceptors (Lipinski definition) is 6. The van der Waals surface area contributed by atoms with Crippen molar-refractivity contribution in [2.75, 3.05) is 13.7 Å². The van der Waals surface area contributed by atoms with E-state index in [9.17, 15) is 9.59 Å². The SMILES string of the molecule is CCCCCCCCCCCC(=O)NN=Cc1ccc(OC(=O)c2ccc(OCCCC)cc2)c(OC)c1. The molecule has 7 heteroatoms. The first kappa shape index (κ1) is 30.9. The van der Waals surface area contributed by atoms with Crippen molar-refractivity contribution in [2.45, 2.75) is 90.9 Å². The van der Waals surface area contributed by atoms with E-state index in [0.29, 0.717) is 35.7 Å². The van der Waals surface area contributed by atoms with Crippen molar-refractivity contribution in [3.63, 3.8) is 0 Å². The Balaban J connectivity index is 1.75. The number of esters is 1. The molecule has 0 saturated heterocycles. The van der Waals surface area contributed by atoms with E-state index in [4.69, 9.17) is 14.2 Å². The first-order valence-electron chi connectivity index (χ1n) is 14.0. The Bertz CT molecular complexity index is 988. The van der Waals surface area contributed by atoms with Gasteiger partial charge in [0.15, 0.2) is 11.5 Å². The standard InChI is InChI=1S/C31H44N2O5/c1-4-6-8-9-10-11-12-13-14-15-30(34)33-32-24-25-16-21-28(29(23-25)36-3)38-31(35)26-17-19-27(20-18-26)37-22-7-5-2/h16-21,23-24H,4-15,22H2,1-3H3,(H,33,34). The van der Waals surface area contributed by atoms with Crippen LogP contribution in [0.4, 0.5) is 0 Å². The van der Waals surface area contributed by atoms with Crippen LogP contribution >= 0.6 is 0 Å². The van der Waals surface area contributed by atoms with Gasteiger partial charge in [0.25, 0.3) is 0 Å². The zero-order valence-electron chi connectivity index (χ0n) is 23.3. The monoisotopic (exact) mass is 524 g/mol. The number of unbranched alkanes of at least 4 members (excludes halogenated alkanes) is 9. The molecule has 0 radical (unpaired) electrons. The van der Waals surface area contributed by atoms with Crippen LogP contribution in [-0.2, 0) is 4.79 Å². The predicted octanol–water partition coefficient (Wildman–Crippen LogP) is 7.46. The minimum Gasteiger partial charge on any atom is -0.494 e. The fourth-order valence-electron chi connectivity index (χ4n) is 3.86. The maximum absolute atomic E-state index is 12.6. The smallest absolute Gasteiger partial charge is 0.343 e. The third kappa shape index (κ3) is 12.3. The molecule has 0 unspecified atom stereocenters. The topological polar surface area (TPSA) is 86.2 Å². The number of ether oxygens (including phenoxy) is 3. The summed E-state index contributed by atoms with van der Waals surface area (Å²) in [5, 5.41) is 4.05. The number of methoxy groups -OCH3 is 1. The number of carbonyl (C=O) groups is 2. The van der Waals surface area contributed by atoms with E-state index in [-0.39, 0.29) is 5.91 Å².